The van der Waals surface area contributed by atoms with Crippen molar-refractivity contribution >= 4 is 34.9 Å². The van der Waals surface area contributed by atoms with Crippen molar-refractivity contribution in [2.45, 2.75) is 6.92 Å². The Kier molecular flexibility index (Phi) is 6.54. The Hall–Kier alpha value is -3.16. The zero-order valence-electron chi connectivity index (χ0n) is 16.6. The van der Waals surface area contributed by atoms with Crippen LogP contribution in [0.4, 0.5) is 5.69 Å². The van der Waals surface area contributed by atoms with E-state index in [4.69, 9.17) is 21.4 Å². The number of benzene rings is 2. The Balaban J connectivity index is 1.94. The van der Waals surface area contributed by atoms with E-state index in [-0.39, 0.29) is 41.8 Å². The van der Waals surface area contributed by atoms with E-state index >= 15 is 0 Å². The lowest BCUT2D eigenvalue weighted by atomic mass is 10.0. The molecule has 0 aliphatic carbocycles. The van der Waals surface area contributed by atoms with Gasteiger partial charge in [0.25, 0.3) is 5.91 Å². The minimum Gasteiger partial charge on any atom is -0.466 e. The molecule has 0 aromatic heterocycles. The van der Waals surface area contributed by atoms with Gasteiger partial charge in [-0.05, 0) is 25.1 Å². The predicted molar refractivity (Wildman–Crippen MR) is 112 cm³/mol. The van der Waals surface area contributed by atoms with Gasteiger partial charge in [-0.25, -0.2) is 4.79 Å². The van der Waals surface area contributed by atoms with Crippen LogP contribution in [0.25, 0.3) is 0 Å². The Morgan fingerprint density at radius 2 is 1.83 bits per heavy atom. The summed E-state index contributed by atoms with van der Waals surface area (Å²) in [6.07, 6.45) is 0. The molecule has 2 N–H and O–H groups in total. The fourth-order valence-electron chi connectivity index (χ4n) is 3.12. The van der Waals surface area contributed by atoms with Crippen LogP contribution in [0.3, 0.4) is 0 Å². The van der Waals surface area contributed by atoms with Gasteiger partial charge in [0.15, 0.2) is 5.78 Å². The molecule has 0 radical (unpaired) electrons. The van der Waals surface area contributed by atoms with Crippen molar-refractivity contribution in [2.75, 3.05) is 32.1 Å². The van der Waals surface area contributed by atoms with Crippen LogP contribution >= 0.6 is 11.6 Å². The van der Waals surface area contributed by atoms with Crippen LogP contribution in [0, 0.1) is 6.92 Å². The summed E-state index contributed by atoms with van der Waals surface area (Å²) in [4.78, 5) is 39.0. The number of halogens is 1. The third-order valence-electron chi connectivity index (χ3n) is 4.76. The molecule has 156 valence electrons. The molecule has 0 spiro atoms. The number of rotatable bonds is 7. The lowest BCUT2D eigenvalue weighted by Gasteiger charge is -2.15. The molecular formula is C22H21ClN2O5. The first-order valence-corrected chi connectivity index (χ1v) is 9.63. The van der Waals surface area contributed by atoms with E-state index < -0.39 is 11.9 Å². The number of hydrogen-bond donors (Lipinski definition) is 2. The highest BCUT2D eigenvalue weighted by Gasteiger charge is 2.34. The van der Waals surface area contributed by atoms with Crippen molar-refractivity contribution < 1.29 is 24.2 Å². The number of anilines is 1. The first-order valence-electron chi connectivity index (χ1n) is 9.25. The van der Waals surface area contributed by atoms with Gasteiger partial charge in [0.2, 0.25) is 0 Å². The van der Waals surface area contributed by atoms with Crippen molar-refractivity contribution in [1.82, 2.24) is 4.90 Å². The van der Waals surface area contributed by atoms with E-state index in [9.17, 15) is 14.4 Å². The second-order valence-corrected chi connectivity index (χ2v) is 7.22. The Bertz CT molecular complexity index is 1030. The van der Waals surface area contributed by atoms with Crippen molar-refractivity contribution in [1.29, 1.82) is 0 Å². The average molecular weight is 429 g/mol. The van der Waals surface area contributed by atoms with Crippen LogP contribution in [0.15, 0.2) is 53.7 Å². The smallest absolute Gasteiger partial charge is 0.337 e. The van der Waals surface area contributed by atoms with Gasteiger partial charge in [0.05, 0.1) is 36.5 Å². The average Bonchev–Trinajstić information content (AvgIpc) is 3.05. The standard InChI is InChI=1S/C22H21ClN2O5/c1-13-3-5-14(6-4-13)20(27)15-7-8-17(23)18(11-15)24-19-16(22(29)30-2)12-25(9-10-26)21(19)28/h3-8,11,24,26H,9-10,12H2,1-2H3. The fraction of sp³-hybridized carbons (Fsp3) is 0.227. The third kappa shape index (κ3) is 4.37. The molecule has 3 rings (SSSR count). The van der Waals surface area contributed by atoms with Gasteiger partial charge in [-0.3, -0.25) is 9.59 Å². The van der Waals surface area contributed by atoms with Crippen molar-refractivity contribution in [3.8, 4) is 0 Å². The highest BCUT2D eigenvalue weighted by atomic mass is 35.5. The van der Waals surface area contributed by atoms with Crippen LogP contribution in [0.5, 0.6) is 0 Å². The normalized spacial score (nSPS) is 13.6. The zero-order valence-corrected chi connectivity index (χ0v) is 17.3. The van der Waals surface area contributed by atoms with E-state index in [1.165, 1.54) is 18.1 Å². The number of β-amino-alcohol motifs (C(OH)–C–C–N with tert-alkyl or cyclic N) is 1. The molecule has 0 unspecified atom stereocenters. The number of methoxy groups -OCH3 is 1. The van der Waals surface area contributed by atoms with E-state index in [2.05, 4.69) is 5.32 Å². The molecule has 0 bridgehead atoms. The van der Waals surface area contributed by atoms with Crippen molar-refractivity contribution in [3.05, 3.63) is 75.4 Å². The Morgan fingerprint density at radius 3 is 2.47 bits per heavy atom. The van der Waals surface area contributed by atoms with E-state index in [0.29, 0.717) is 16.8 Å². The number of carbonyl (C=O) groups is 3. The molecule has 1 aliphatic rings. The Labute approximate surface area is 178 Å². The lowest BCUT2D eigenvalue weighted by Crippen LogP contribution is -2.31. The summed E-state index contributed by atoms with van der Waals surface area (Å²) < 4.78 is 4.77. The van der Waals surface area contributed by atoms with Crippen LogP contribution in [-0.4, -0.2) is 54.5 Å². The fourth-order valence-corrected chi connectivity index (χ4v) is 3.28. The summed E-state index contributed by atoms with van der Waals surface area (Å²) in [6, 6.07) is 11.9. The van der Waals surface area contributed by atoms with Crippen LogP contribution in [0.2, 0.25) is 5.02 Å². The highest BCUT2D eigenvalue weighted by Crippen LogP contribution is 2.29. The summed E-state index contributed by atoms with van der Waals surface area (Å²) in [5.41, 5.74) is 2.39. The van der Waals surface area contributed by atoms with Gasteiger partial charge in [-0.15, -0.1) is 0 Å². The second-order valence-electron chi connectivity index (χ2n) is 6.81. The van der Waals surface area contributed by atoms with Gasteiger partial charge in [-0.1, -0.05) is 41.4 Å². The van der Waals surface area contributed by atoms with Crippen LogP contribution in [0.1, 0.15) is 21.5 Å². The Morgan fingerprint density at radius 1 is 1.17 bits per heavy atom. The molecule has 1 aliphatic heterocycles. The minimum atomic E-state index is -0.658. The molecule has 2 aromatic carbocycles. The monoisotopic (exact) mass is 428 g/mol. The summed E-state index contributed by atoms with van der Waals surface area (Å²) in [5.74, 6) is -1.32. The number of nitrogens with zero attached hydrogens (tertiary/aromatic N) is 1. The number of ketones is 1. The number of amides is 1. The van der Waals surface area contributed by atoms with Gasteiger partial charge >= 0.3 is 5.97 Å². The van der Waals surface area contributed by atoms with E-state index in [0.717, 1.165) is 5.56 Å². The molecule has 1 heterocycles. The third-order valence-corrected chi connectivity index (χ3v) is 5.09. The first-order chi connectivity index (χ1) is 14.3. The number of nitrogens with one attached hydrogen (secondary N) is 1. The molecule has 30 heavy (non-hydrogen) atoms. The maximum atomic E-state index is 12.8. The SMILES string of the molecule is COC(=O)C1=C(Nc2cc(C(=O)c3ccc(C)cc3)ccc2Cl)C(=O)N(CCO)C1. The van der Waals surface area contributed by atoms with Crippen molar-refractivity contribution in [2.24, 2.45) is 0 Å². The second kappa shape index (κ2) is 9.11. The van der Waals surface area contributed by atoms with Gasteiger partial charge in [0.1, 0.15) is 5.70 Å². The summed E-state index contributed by atoms with van der Waals surface area (Å²) in [5, 5.41) is 12.3. The predicted octanol–water partition coefficient (Wildman–Crippen LogP) is 2.55. The topological polar surface area (TPSA) is 95.9 Å². The number of aliphatic hydroxyl groups excluding tert-OH is 1. The molecule has 0 fully saturated rings. The van der Waals surface area contributed by atoms with E-state index in [1.807, 2.05) is 19.1 Å². The summed E-state index contributed by atoms with van der Waals surface area (Å²) in [7, 11) is 1.22. The molecule has 0 atom stereocenters. The molecule has 1 amide bonds. The minimum absolute atomic E-state index is 0.00794. The number of aryl methyl sites for hydroxylation is 1. The number of ether oxygens (including phenoxy) is 1. The highest BCUT2D eigenvalue weighted by molar-refractivity contribution is 6.33. The zero-order chi connectivity index (χ0) is 21.8. The van der Waals surface area contributed by atoms with Gasteiger partial charge in [-0.2, -0.15) is 0 Å². The molecular weight excluding hydrogens is 408 g/mol. The molecule has 7 nitrogen and oxygen atoms in total. The number of hydrogen-bond acceptors (Lipinski definition) is 6. The lowest BCUT2D eigenvalue weighted by molar-refractivity contribution is -0.136. The molecule has 2 aromatic rings. The maximum Gasteiger partial charge on any atom is 0.337 e. The molecule has 0 saturated carbocycles. The van der Waals surface area contributed by atoms with Crippen molar-refractivity contribution in [3.63, 3.8) is 0 Å². The van der Waals surface area contributed by atoms with E-state index in [1.54, 1.807) is 24.3 Å². The van der Waals surface area contributed by atoms with Crippen LogP contribution in [-0.2, 0) is 14.3 Å². The van der Waals surface area contributed by atoms with Gasteiger partial charge < -0.3 is 20.1 Å². The van der Waals surface area contributed by atoms with Gasteiger partial charge in [0, 0.05) is 17.7 Å². The number of esters is 1. The number of carbonyl (C=O) groups excluding carboxylic acids is 3. The first kappa shape index (κ1) is 21.5. The maximum absolute atomic E-state index is 12.8. The summed E-state index contributed by atoms with van der Waals surface area (Å²) >= 11 is 6.28. The quantitative estimate of drug-likeness (QED) is 0.519. The summed E-state index contributed by atoms with van der Waals surface area (Å²) in [6.45, 7) is 1.77. The molecule has 8 heteroatoms. The largest absolute Gasteiger partial charge is 0.466 e. The molecule has 0 saturated heterocycles. The van der Waals surface area contributed by atoms with Crippen LogP contribution < -0.4 is 5.32 Å². The number of aliphatic hydroxyl groups is 1.